The predicted molar refractivity (Wildman–Crippen MR) is 122 cm³/mol. The highest BCUT2D eigenvalue weighted by Gasteiger charge is 2.66. The number of nitro groups is 1. The van der Waals surface area contributed by atoms with Crippen molar-refractivity contribution in [1.82, 2.24) is 0 Å². The van der Waals surface area contributed by atoms with Crippen LogP contribution in [-0.2, 0) is 19.1 Å². The largest absolute Gasteiger partial charge is 0.465 e. The number of Topliss-reactive ketones (excluding diaryl/α,β-unsaturated/α-hetero) is 1. The van der Waals surface area contributed by atoms with Crippen molar-refractivity contribution in [2.24, 2.45) is 11.3 Å². The maximum atomic E-state index is 13.8. The van der Waals surface area contributed by atoms with Gasteiger partial charge in [-0.1, -0.05) is 18.2 Å². The average molecular weight is 494 g/mol. The molecule has 2 heterocycles. The maximum Gasteiger partial charge on any atom is 0.327 e. The number of thioether (sulfide) groups is 1. The summed E-state index contributed by atoms with van der Waals surface area (Å²) in [6.07, 6.45) is -1.54. The van der Waals surface area contributed by atoms with Gasteiger partial charge in [0.05, 0.1) is 35.0 Å². The summed E-state index contributed by atoms with van der Waals surface area (Å²) in [6.45, 7) is 2.99. The molecule has 11 heteroatoms. The number of esters is 2. The van der Waals surface area contributed by atoms with E-state index in [0.717, 1.165) is 11.3 Å². The van der Waals surface area contributed by atoms with E-state index >= 15 is 0 Å². The third kappa shape index (κ3) is 4.53. The van der Waals surface area contributed by atoms with Crippen molar-refractivity contribution in [3.05, 3.63) is 62.3 Å². The second kappa shape index (κ2) is 10.4. The van der Waals surface area contributed by atoms with Gasteiger partial charge in [0.25, 0.3) is 5.69 Å². The smallest absolute Gasteiger partial charge is 0.327 e. The number of aliphatic hydroxyl groups excluding tert-OH is 1. The molecule has 1 unspecified atom stereocenters. The number of aliphatic hydroxyl groups is 1. The van der Waals surface area contributed by atoms with Crippen LogP contribution in [0, 0.1) is 21.4 Å². The van der Waals surface area contributed by atoms with E-state index in [4.69, 9.17) is 9.47 Å². The number of hydrogen-bond acceptors (Lipinski definition) is 10. The lowest BCUT2D eigenvalue weighted by atomic mass is 9.66. The van der Waals surface area contributed by atoms with Gasteiger partial charge in [-0.3, -0.25) is 24.5 Å². The molecule has 2 aromatic rings. The molecule has 33 heavy (non-hydrogen) atoms. The predicted octanol–water partition coefficient (Wildman–Crippen LogP) is 3.42. The van der Waals surface area contributed by atoms with Crippen LogP contribution in [0.5, 0.6) is 0 Å². The van der Waals surface area contributed by atoms with Gasteiger partial charge in [0.1, 0.15) is 0 Å². The van der Waals surface area contributed by atoms with Crippen LogP contribution in [0.25, 0.3) is 0 Å². The van der Waals surface area contributed by atoms with E-state index in [-0.39, 0.29) is 24.7 Å². The third-order valence-corrected chi connectivity index (χ3v) is 7.75. The highest BCUT2D eigenvalue weighted by atomic mass is 32.2. The molecule has 1 aliphatic heterocycles. The van der Waals surface area contributed by atoms with Gasteiger partial charge < -0.3 is 14.6 Å². The normalized spacial score (nSPS) is 21.7. The lowest BCUT2D eigenvalue weighted by Crippen LogP contribution is -2.61. The molecule has 3 atom stereocenters. The fourth-order valence-electron chi connectivity index (χ4n) is 3.97. The first-order chi connectivity index (χ1) is 15.8. The Labute approximate surface area is 198 Å². The first-order valence-corrected chi connectivity index (χ1v) is 12.2. The van der Waals surface area contributed by atoms with E-state index in [1.165, 1.54) is 36.0 Å². The van der Waals surface area contributed by atoms with Crippen LogP contribution in [0.3, 0.4) is 0 Å². The Bertz CT molecular complexity index is 1000. The molecule has 0 amide bonds. The van der Waals surface area contributed by atoms with Crippen molar-refractivity contribution in [3.8, 4) is 0 Å². The Balaban J connectivity index is 2.23. The van der Waals surface area contributed by atoms with Gasteiger partial charge in [-0.2, -0.15) is 11.8 Å². The van der Waals surface area contributed by atoms with Gasteiger partial charge in [0, 0.05) is 23.1 Å². The Morgan fingerprint density at radius 2 is 1.73 bits per heavy atom. The molecule has 0 aliphatic carbocycles. The van der Waals surface area contributed by atoms with E-state index in [2.05, 4.69) is 0 Å². The molecule has 1 saturated heterocycles. The summed E-state index contributed by atoms with van der Waals surface area (Å²) < 4.78 is 10.4. The number of hydrogen-bond donors (Lipinski definition) is 1. The van der Waals surface area contributed by atoms with Crippen LogP contribution < -0.4 is 0 Å². The second-order valence-corrected chi connectivity index (χ2v) is 9.37. The molecule has 0 spiro atoms. The molecule has 1 aromatic carbocycles. The van der Waals surface area contributed by atoms with E-state index < -0.39 is 45.3 Å². The minimum absolute atomic E-state index is 0.0481. The number of carbonyl (C=O) groups is 3. The summed E-state index contributed by atoms with van der Waals surface area (Å²) in [5.74, 6) is -3.98. The van der Waals surface area contributed by atoms with E-state index in [9.17, 15) is 29.6 Å². The van der Waals surface area contributed by atoms with E-state index in [1.54, 1.807) is 31.4 Å². The number of benzene rings is 1. The molecule has 9 nitrogen and oxygen atoms in total. The molecule has 1 N–H and O–H groups in total. The summed E-state index contributed by atoms with van der Waals surface area (Å²) in [5.41, 5.74) is -1.92. The molecule has 1 aromatic heterocycles. The van der Waals surface area contributed by atoms with Crippen molar-refractivity contribution in [1.29, 1.82) is 0 Å². The molecule has 1 aliphatic rings. The van der Waals surface area contributed by atoms with Gasteiger partial charge in [0.2, 0.25) is 5.41 Å². The zero-order valence-electron chi connectivity index (χ0n) is 18.0. The van der Waals surface area contributed by atoms with Crippen LogP contribution >= 0.6 is 23.1 Å². The van der Waals surface area contributed by atoms with Crippen molar-refractivity contribution in [2.75, 3.05) is 19.0 Å². The van der Waals surface area contributed by atoms with Crippen molar-refractivity contribution in [2.45, 2.75) is 25.2 Å². The number of ether oxygens (including phenoxy) is 2. The number of nitrogens with zero attached hydrogens (tertiary/aromatic N) is 1. The van der Waals surface area contributed by atoms with Crippen molar-refractivity contribution >= 4 is 46.5 Å². The zero-order valence-corrected chi connectivity index (χ0v) is 19.6. The second-order valence-electron chi connectivity index (χ2n) is 7.25. The van der Waals surface area contributed by atoms with Crippen LogP contribution in [0.4, 0.5) is 5.69 Å². The van der Waals surface area contributed by atoms with Gasteiger partial charge in [-0.05, 0) is 30.9 Å². The monoisotopic (exact) mass is 493 g/mol. The quantitative estimate of drug-likeness (QED) is 0.193. The van der Waals surface area contributed by atoms with E-state index in [1.807, 2.05) is 0 Å². The molecule has 0 bridgehead atoms. The topological polar surface area (TPSA) is 133 Å². The lowest BCUT2D eigenvalue weighted by Gasteiger charge is -2.45. The first-order valence-electron chi connectivity index (χ1n) is 10.2. The number of nitro benzene ring substituents is 1. The fraction of sp³-hybridized carbons (Fsp3) is 0.409. The number of carbonyl (C=O) groups excluding carboxylic acids is 3. The Kier molecular flexibility index (Phi) is 7.88. The molecular formula is C22H23NO8S2. The Hall–Kier alpha value is -2.76. The first kappa shape index (κ1) is 24.9. The maximum absolute atomic E-state index is 13.8. The summed E-state index contributed by atoms with van der Waals surface area (Å²) in [5, 5.41) is 23.1. The summed E-state index contributed by atoms with van der Waals surface area (Å²) >= 11 is 2.34. The highest BCUT2D eigenvalue weighted by Crippen LogP contribution is 2.55. The lowest BCUT2D eigenvalue weighted by molar-refractivity contribution is -0.384. The summed E-state index contributed by atoms with van der Waals surface area (Å²) in [6, 6.07) is 8.81. The number of thiophene rings is 1. The highest BCUT2D eigenvalue weighted by molar-refractivity contribution is 7.99. The van der Waals surface area contributed by atoms with Gasteiger partial charge >= 0.3 is 11.9 Å². The molecule has 176 valence electrons. The fourth-order valence-corrected chi connectivity index (χ4v) is 6.21. The molecule has 0 radical (unpaired) electrons. The minimum atomic E-state index is -2.29. The van der Waals surface area contributed by atoms with Gasteiger partial charge in [0.15, 0.2) is 5.78 Å². The number of non-ortho nitro benzene ring substituents is 1. The molecule has 1 fully saturated rings. The molecular weight excluding hydrogens is 470 g/mol. The molecule has 3 rings (SSSR count). The third-order valence-electron chi connectivity index (χ3n) is 5.46. The number of ketones is 1. The van der Waals surface area contributed by atoms with Crippen LogP contribution in [0.1, 0.15) is 34.3 Å². The molecule has 0 saturated carbocycles. The minimum Gasteiger partial charge on any atom is -0.465 e. The van der Waals surface area contributed by atoms with Crippen LogP contribution in [0.2, 0.25) is 0 Å². The van der Waals surface area contributed by atoms with Crippen molar-refractivity contribution in [3.63, 3.8) is 0 Å². The SMILES string of the molecule is CCOC(=O)C1(C(=O)OCC)C(O)CS[C@@H](c2ccc([N+](=O)[O-])cc2)[C@H]1C(=O)c1cccs1. The zero-order chi connectivity index (χ0) is 24.2. The van der Waals surface area contributed by atoms with Crippen LogP contribution in [-0.4, -0.2) is 52.8 Å². The number of rotatable bonds is 8. The standard InChI is InChI=1S/C22H23NO8S2/c1-3-30-20(26)22(21(27)31-4-2)16(24)12-33-19(13-7-9-14(10-8-13)23(28)29)17(22)18(25)15-6-5-11-32-15/h5-11,16-17,19,24H,3-4,12H2,1-2H3/t16?,17-,19+/m1/s1. The van der Waals surface area contributed by atoms with Gasteiger partial charge in [-0.25, -0.2) is 0 Å². The Morgan fingerprint density at radius 3 is 2.21 bits per heavy atom. The summed E-state index contributed by atoms with van der Waals surface area (Å²) in [4.78, 5) is 51.2. The van der Waals surface area contributed by atoms with E-state index in [0.29, 0.717) is 10.4 Å². The summed E-state index contributed by atoms with van der Waals surface area (Å²) in [7, 11) is 0. The van der Waals surface area contributed by atoms with Crippen LogP contribution in [0.15, 0.2) is 41.8 Å². The Morgan fingerprint density at radius 1 is 1.12 bits per heavy atom. The average Bonchev–Trinajstić information content (AvgIpc) is 3.34. The van der Waals surface area contributed by atoms with Gasteiger partial charge in [-0.15, -0.1) is 11.3 Å². The van der Waals surface area contributed by atoms with Crippen molar-refractivity contribution < 1.29 is 33.9 Å².